The van der Waals surface area contributed by atoms with E-state index in [1.807, 2.05) is 29.1 Å². The van der Waals surface area contributed by atoms with Crippen LogP contribution in [0.1, 0.15) is 35.8 Å². The van der Waals surface area contributed by atoms with E-state index in [1.54, 1.807) is 12.1 Å². The molecule has 1 heterocycles. The van der Waals surface area contributed by atoms with Crippen molar-refractivity contribution >= 4 is 22.6 Å². The van der Waals surface area contributed by atoms with Gasteiger partial charge in [0, 0.05) is 29.2 Å². The summed E-state index contributed by atoms with van der Waals surface area (Å²) in [7, 11) is 1.27. The van der Waals surface area contributed by atoms with Gasteiger partial charge in [-0.3, -0.25) is 4.68 Å². The number of rotatable bonds is 5. The molecule has 0 bridgehead atoms. The van der Waals surface area contributed by atoms with Crippen LogP contribution in [0.5, 0.6) is 0 Å². The normalized spacial score (nSPS) is 11.1. The number of halogens is 1. The molecule has 3 rings (SSSR count). The molecule has 0 radical (unpaired) electrons. The van der Waals surface area contributed by atoms with Gasteiger partial charge in [-0.2, -0.15) is 5.10 Å². The zero-order valence-corrected chi connectivity index (χ0v) is 14.4. The summed E-state index contributed by atoms with van der Waals surface area (Å²) in [5, 5.41) is 8.67. The molecule has 0 saturated heterocycles. The Morgan fingerprint density at radius 3 is 2.76 bits per heavy atom. The van der Waals surface area contributed by atoms with Crippen molar-refractivity contribution in [3.8, 4) is 0 Å². The van der Waals surface area contributed by atoms with Gasteiger partial charge in [0.2, 0.25) is 0 Å². The molecule has 6 heteroatoms. The monoisotopic (exact) mass is 341 g/mol. The number of benzene rings is 2. The lowest BCUT2D eigenvalue weighted by atomic mass is 10.1. The molecule has 0 atom stereocenters. The minimum Gasteiger partial charge on any atom is -0.465 e. The maximum absolute atomic E-state index is 14.2. The Bertz CT molecular complexity index is 918. The standard InChI is InChI=1S/C19H20FN3O2/c1-12(2)23-18-9-16(7-6-15(18)11-22-23)21-10-14-5-4-13(8-17(14)20)19(24)25-3/h4-9,11-12,21H,10H2,1-3H3. The maximum atomic E-state index is 14.2. The number of aromatic nitrogens is 2. The van der Waals surface area contributed by atoms with Gasteiger partial charge in [0.05, 0.1) is 24.4 Å². The van der Waals surface area contributed by atoms with Crippen LogP contribution in [0.15, 0.2) is 42.6 Å². The van der Waals surface area contributed by atoms with E-state index in [1.165, 1.54) is 13.2 Å². The van der Waals surface area contributed by atoms with Gasteiger partial charge >= 0.3 is 5.97 Å². The van der Waals surface area contributed by atoms with Crippen molar-refractivity contribution in [2.45, 2.75) is 26.4 Å². The lowest BCUT2D eigenvalue weighted by Crippen LogP contribution is -2.06. The molecule has 130 valence electrons. The van der Waals surface area contributed by atoms with Crippen molar-refractivity contribution < 1.29 is 13.9 Å². The van der Waals surface area contributed by atoms with Gasteiger partial charge in [-0.05, 0) is 44.2 Å². The van der Waals surface area contributed by atoms with E-state index in [0.717, 1.165) is 16.6 Å². The zero-order valence-electron chi connectivity index (χ0n) is 14.4. The van der Waals surface area contributed by atoms with Crippen molar-refractivity contribution in [1.29, 1.82) is 0 Å². The first kappa shape index (κ1) is 17.0. The summed E-state index contributed by atoms with van der Waals surface area (Å²) >= 11 is 0. The highest BCUT2D eigenvalue weighted by Gasteiger charge is 2.10. The van der Waals surface area contributed by atoms with E-state index in [0.29, 0.717) is 12.1 Å². The highest BCUT2D eigenvalue weighted by molar-refractivity contribution is 5.89. The number of nitrogens with one attached hydrogen (secondary N) is 1. The minimum absolute atomic E-state index is 0.200. The molecule has 0 aliphatic heterocycles. The van der Waals surface area contributed by atoms with Crippen LogP contribution in [0.4, 0.5) is 10.1 Å². The zero-order chi connectivity index (χ0) is 18.0. The minimum atomic E-state index is -0.550. The first-order valence-corrected chi connectivity index (χ1v) is 8.07. The number of methoxy groups -OCH3 is 1. The summed E-state index contributed by atoms with van der Waals surface area (Å²) in [6.45, 7) is 4.46. The molecule has 1 aromatic heterocycles. The Kier molecular flexibility index (Phi) is 4.70. The van der Waals surface area contributed by atoms with Crippen LogP contribution in [0.2, 0.25) is 0 Å². The van der Waals surface area contributed by atoms with E-state index in [2.05, 4.69) is 29.0 Å². The van der Waals surface area contributed by atoms with Crippen LogP contribution in [0, 0.1) is 5.82 Å². The predicted molar refractivity (Wildman–Crippen MR) is 95.2 cm³/mol. The maximum Gasteiger partial charge on any atom is 0.337 e. The third kappa shape index (κ3) is 3.47. The molecule has 0 aliphatic rings. The summed E-state index contributed by atoms with van der Waals surface area (Å²) in [6.07, 6.45) is 1.84. The lowest BCUT2D eigenvalue weighted by Gasteiger charge is -2.11. The Morgan fingerprint density at radius 1 is 1.28 bits per heavy atom. The molecule has 0 unspecified atom stereocenters. The number of nitrogens with zero attached hydrogens (tertiary/aromatic N) is 2. The van der Waals surface area contributed by atoms with Crippen molar-refractivity contribution in [3.05, 3.63) is 59.5 Å². The summed E-state index contributed by atoms with van der Waals surface area (Å²) in [5.41, 5.74) is 2.59. The van der Waals surface area contributed by atoms with Crippen molar-refractivity contribution in [3.63, 3.8) is 0 Å². The van der Waals surface area contributed by atoms with Gasteiger partial charge in [0.1, 0.15) is 5.82 Å². The van der Waals surface area contributed by atoms with Crippen LogP contribution in [-0.2, 0) is 11.3 Å². The second kappa shape index (κ2) is 6.93. The van der Waals surface area contributed by atoms with Gasteiger partial charge in [-0.15, -0.1) is 0 Å². The summed E-state index contributed by atoms with van der Waals surface area (Å²) in [4.78, 5) is 11.4. The summed E-state index contributed by atoms with van der Waals surface area (Å²) in [5.74, 6) is -0.991. The largest absolute Gasteiger partial charge is 0.465 e. The summed E-state index contributed by atoms with van der Waals surface area (Å²) < 4.78 is 20.7. The number of fused-ring (bicyclic) bond motifs is 1. The third-order valence-corrected chi connectivity index (χ3v) is 4.04. The first-order chi connectivity index (χ1) is 12.0. The Balaban J connectivity index is 1.78. The van der Waals surface area contributed by atoms with E-state index in [-0.39, 0.29) is 11.6 Å². The SMILES string of the molecule is COC(=O)c1ccc(CNc2ccc3cnn(C(C)C)c3c2)c(F)c1. The number of ether oxygens (including phenoxy) is 1. The van der Waals surface area contributed by atoms with Gasteiger partial charge in [0.25, 0.3) is 0 Å². The van der Waals surface area contributed by atoms with Crippen LogP contribution in [0.25, 0.3) is 10.9 Å². The molecule has 1 N–H and O–H groups in total. The van der Waals surface area contributed by atoms with E-state index < -0.39 is 11.8 Å². The van der Waals surface area contributed by atoms with Crippen molar-refractivity contribution in [2.75, 3.05) is 12.4 Å². The number of carbonyl (C=O) groups excluding carboxylic acids is 1. The van der Waals surface area contributed by atoms with Crippen LogP contribution in [0.3, 0.4) is 0 Å². The fourth-order valence-corrected chi connectivity index (χ4v) is 2.69. The Labute approximate surface area is 145 Å². The second-order valence-corrected chi connectivity index (χ2v) is 6.11. The first-order valence-electron chi connectivity index (χ1n) is 8.07. The Hall–Kier alpha value is -2.89. The van der Waals surface area contributed by atoms with Crippen LogP contribution >= 0.6 is 0 Å². The predicted octanol–water partition coefficient (Wildman–Crippen LogP) is 4.16. The smallest absolute Gasteiger partial charge is 0.337 e. The molecule has 0 amide bonds. The topological polar surface area (TPSA) is 56.1 Å². The quantitative estimate of drug-likeness (QED) is 0.708. The summed E-state index contributed by atoms with van der Waals surface area (Å²) in [6, 6.07) is 10.5. The van der Waals surface area contributed by atoms with Gasteiger partial charge in [0.15, 0.2) is 0 Å². The van der Waals surface area contributed by atoms with Crippen molar-refractivity contribution in [1.82, 2.24) is 9.78 Å². The molecule has 3 aromatic rings. The number of hydrogen-bond acceptors (Lipinski definition) is 4. The molecule has 5 nitrogen and oxygen atoms in total. The fraction of sp³-hybridized carbons (Fsp3) is 0.263. The number of carbonyl (C=O) groups is 1. The number of esters is 1. The number of anilines is 1. The average molecular weight is 341 g/mol. The molecule has 2 aromatic carbocycles. The van der Waals surface area contributed by atoms with Gasteiger partial charge in [-0.25, -0.2) is 9.18 Å². The third-order valence-electron chi connectivity index (χ3n) is 4.04. The van der Waals surface area contributed by atoms with E-state index in [9.17, 15) is 9.18 Å². The molecule has 0 fully saturated rings. The molecule has 0 aliphatic carbocycles. The van der Waals surface area contributed by atoms with Gasteiger partial charge in [-0.1, -0.05) is 6.07 Å². The number of hydrogen-bond donors (Lipinski definition) is 1. The van der Waals surface area contributed by atoms with Crippen LogP contribution in [-0.4, -0.2) is 22.9 Å². The van der Waals surface area contributed by atoms with Crippen LogP contribution < -0.4 is 5.32 Å². The fourth-order valence-electron chi connectivity index (χ4n) is 2.69. The average Bonchev–Trinajstić information content (AvgIpc) is 3.03. The Morgan fingerprint density at radius 2 is 2.08 bits per heavy atom. The molecule has 0 spiro atoms. The molecule has 0 saturated carbocycles. The van der Waals surface area contributed by atoms with E-state index in [4.69, 9.17) is 0 Å². The molecular formula is C19H20FN3O2. The highest BCUT2D eigenvalue weighted by Crippen LogP contribution is 2.22. The van der Waals surface area contributed by atoms with E-state index >= 15 is 0 Å². The molecular weight excluding hydrogens is 321 g/mol. The molecule has 25 heavy (non-hydrogen) atoms. The second-order valence-electron chi connectivity index (χ2n) is 6.11. The van der Waals surface area contributed by atoms with Crippen molar-refractivity contribution in [2.24, 2.45) is 0 Å². The lowest BCUT2D eigenvalue weighted by molar-refractivity contribution is 0.0600. The van der Waals surface area contributed by atoms with Gasteiger partial charge < -0.3 is 10.1 Å². The highest BCUT2D eigenvalue weighted by atomic mass is 19.1.